The Bertz CT molecular complexity index is 1340. The van der Waals surface area contributed by atoms with Gasteiger partial charge in [-0.2, -0.15) is 0 Å². The summed E-state index contributed by atoms with van der Waals surface area (Å²) in [6.07, 6.45) is 5.38. The summed E-state index contributed by atoms with van der Waals surface area (Å²) in [5, 5.41) is 0. The Morgan fingerprint density at radius 1 is 0.735 bits per heavy atom. The van der Waals surface area contributed by atoms with Gasteiger partial charge in [0.05, 0.1) is 11.3 Å². The zero-order valence-electron chi connectivity index (χ0n) is 18.7. The molecule has 4 aromatic rings. The summed E-state index contributed by atoms with van der Waals surface area (Å²) >= 11 is 0. The lowest BCUT2D eigenvalue weighted by atomic mass is 10.0. The lowest BCUT2D eigenvalue weighted by Gasteiger charge is -2.14. The van der Waals surface area contributed by atoms with Crippen molar-refractivity contribution in [2.75, 3.05) is 0 Å². The zero-order chi connectivity index (χ0) is 23.3. The predicted octanol–water partition coefficient (Wildman–Crippen LogP) is 5.81. The molecule has 1 heterocycles. The molecule has 1 aliphatic carbocycles. The molecule has 0 N–H and O–H groups in total. The molecule has 1 aromatic heterocycles. The number of esters is 1. The van der Waals surface area contributed by atoms with E-state index in [4.69, 9.17) is 9.72 Å². The Balaban J connectivity index is 1.61. The second-order valence-electron chi connectivity index (χ2n) is 8.21. The highest BCUT2D eigenvalue weighted by Crippen LogP contribution is 2.27. The number of fused-ring (bicyclic) bond motifs is 1. The summed E-state index contributed by atoms with van der Waals surface area (Å²) in [6, 6.07) is 27.5. The Morgan fingerprint density at radius 2 is 1.29 bits per heavy atom. The van der Waals surface area contributed by atoms with Crippen LogP contribution in [0, 0.1) is 0 Å². The summed E-state index contributed by atoms with van der Waals surface area (Å²) in [4.78, 5) is 31.3. The van der Waals surface area contributed by atoms with Gasteiger partial charge in [0.2, 0.25) is 0 Å². The van der Waals surface area contributed by atoms with Gasteiger partial charge in [-0.1, -0.05) is 66.7 Å². The van der Waals surface area contributed by atoms with Crippen LogP contribution in [-0.2, 0) is 17.6 Å². The van der Waals surface area contributed by atoms with E-state index in [1.165, 1.54) is 0 Å². The quantitative estimate of drug-likeness (QED) is 0.286. The van der Waals surface area contributed by atoms with E-state index in [2.05, 4.69) is 0 Å². The van der Waals surface area contributed by atoms with Crippen molar-refractivity contribution in [2.45, 2.75) is 25.7 Å². The second kappa shape index (κ2) is 9.71. The molecule has 1 aliphatic rings. The highest BCUT2D eigenvalue weighted by molar-refractivity contribution is 5.99. The van der Waals surface area contributed by atoms with Gasteiger partial charge < -0.3 is 4.74 Å². The van der Waals surface area contributed by atoms with Crippen LogP contribution in [0.15, 0.2) is 91.0 Å². The third-order valence-corrected chi connectivity index (χ3v) is 5.91. The predicted molar refractivity (Wildman–Crippen MR) is 131 cm³/mol. The molecule has 0 saturated heterocycles. The number of carbonyl (C=O) groups excluding carboxylic acids is 2. The molecular formula is C29H24N2O3. The van der Waals surface area contributed by atoms with Crippen molar-refractivity contribution in [1.29, 1.82) is 0 Å². The zero-order valence-corrected chi connectivity index (χ0v) is 18.7. The first kappa shape index (κ1) is 21.6. The maximum Gasteiger partial charge on any atom is 0.343 e. The molecule has 0 saturated carbocycles. The fourth-order valence-corrected chi connectivity index (χ4v) is 4.22. The van der Waals surface area contributed by atoms with Crippen LogP contribution in [0.5, 0.6) is 0 Å². The summed E-state index contributed by atoms with van der Waals surface area (Å²) in [6.45, 7) is 0. The minimum atomic E-state index is -0.465. The summed E-state index contributed by atoms with van der Waals surface area (Å²) in [5.74, 6) is 0.219. The van der Waals surface area contributed by atoms with Crippen LogP contribution in [-0.4, -0.2) is 21.4 Å². The van der Waals surface area contributed by atoms with Crippen LogP contribution in [0.3, 0.4) is 0 Å². The molecule has 0 amide bonds. The normalized spacial score (nSPS) is 13.2. The van der Waals surface area contributed by atoms with Crippen molar-refractivity contribution in [3.8, 4) is 0 Å². The summed E-state index contributed by atoms with van der Waals surface area (Å²) in [7, 11) is 0. The third-order valence-electron chi connectivity index (χ3n) is 5.91. The van der Waals surface area contributed by atoms with Crippen LogP contribution in [0.1, 0.15) is 56.3 Å². The van der Waals surface area contributed by atoms with Crippen molar-refractivity contribution in [3.05, 3.63) is 125 Å². The van der Waals surface area contributed by atoms with Crippen molar-refractivity contribution >= 4 is 23.7 Å². The van der Waals surface area contributed by atoms with E-state index < -0.39 is 5.97 Å². The lowest BCUT2D eigenvalue weighted by Crippen LogP contribution is -2.18. The molecule has 5 nitrogen and oxygen atoms in total. The highest BCUT2D eigenvalue weighted by Gasteiger charge is 2.25. The molecule has 0 unspecified atom stereocenters. The van der Waals surface area contributed by atoms with E-state index in [0.717, 1.165) is 42.6 Å². The molecule has 3 aromatic carbocycles. The number of ether oxygens (including phenoxy) is 1. The lowest BCUT2D eigenvalue weighted by molar-refractivity contribution is 0.0693. The first-order valence-electron chi connectivity index (χ1n) is 11.5. The van der Waals surface area contributed by atoms with Gasteiger partial charge in [-0.25, -0.2) is 9.78 Å². The van der Waals surface area contributed by atoms with E-state index in [-0.39, 0.29) is 5.91 Å². The van der Waals surface area contributed by atoms with Gasteiger partial charge in [0.25, 0.3) is 5.91 Å². The van der Waals surface area contributed by atoms with Crippen molar-refractivity contribution in [1.82, 2.24) is 9.55 Å². The van der Waals surface area contributed by atoms with Crippen molar-refractivity contribution < 1.29 is 14.3 Å². The standard InChI is InChI=1S/C29H24N2O3/c32-28(22-14-6-2-7-15-22)31-25-19-11-10-18-24(25)30-27(31)20-26(21-12-4-1-5-13-21)34-29(33)23-16-8-3-9-17-23/h1-9,12-17,20H,10-11,18-19H2/b26-20-. The van der Waals surface area contributed by atoms with Crippen LogP contribution < -0.4 is 0 Å². The monoisotopic (exact) mass is 448 g/mol. The number of aromatic nitrogens is 2. The minimum absolute atomic E-state index is 0.135. The maximum absolute atomic E-state index is 13.5. The number of benzene rings is 3. The molecule has 0 spiro atoms. The van der Waals surface area contributed by atoms with Gasteiger partial charge in [0.1, 0.15) is 11.6 Å². The Labute approximate surface area is 198 Å². The van der Waals surface area contributed by atoms with E-state index >= 15 is 0 Å². The van der Waals surface area contributed by atoms with Crippen molar-refractivity contribution in [2.24, 2.45) is 0 Å². The number of hydrogen-bond acceptors (Lipinski definition) is 4. The minimum Gasteiger partial charge on any atom is -0.422 e. The topological polar surface area (TPSA) is 61.2 Å². The van der Waals surface area contributed by atoms with Crippen LogP contribution in [0.2, 0.25) is 0 Å². The fraction of sp³-hybridized carbons (Fsp3) is 0.138. The van der Waals surface area contributed by atoms with Gasteiger partial charge in [0.15, 0.2) is 0 Å². The number of imidazole rings is 1. The molecular weight excluding hydrogens is 424 g/mol. The molecule has 34 heavy (non-hydrogen) atoms. The first-order valence-corrected chi connectivity index (χ1v) is 11.5. The summed E-state index contributed by atoms with van der Waals surface area (Å²) in [5.41, 5.74) is 3.64. The summed E-state index contributed by atoms with van der Waals surface area (Å²) < 4.78 is 7.54. The SMILES string of the molecule is O=C(O/C(=C\c1nc2c(n1C(=O)c1ccccc1)CCCC2)c1ccccc1)c1ccccc1. The molecule has 0 fully saturated rings. The van der Waals surface area contributed by atoms with Crippen LogP contribution in [0.4, 0.5) is 0 Å². The Morgan fingerprint density at radius 3 is 1.94 bits per heavy atom. The van der Waals surface area contributed by atoms with Gasteiger partial charge >= 0.3 is 5.97 Å². The fourth-order valence-electron chi connectivity index (χ4n) is 4.22. The van der Waals surface area contributed by atoms with E-state index in [0.29, 0.717) is 22.7 Å². The Kier molecular flexibility index (Phi) is 6.17. The average Bonchev–Trinajstić information content (AvgIpc) is 3.27. The van der Waals surface area contributed by atoms with E-state index in [1.54, 1.807) is 47.0 Å². The Hall–Kier alpha value is -4.25. The largest absolute Gasteiger partial charge is 0.422 e. The van der Waals surface area contributed by atoms with E-state index in [9.17, 15) is 9.59 Å². The van der Waals surface area contributed by atoms with Crippen molar-refractivity contribution in [3.63, 3.8) is 0 Å². The molecule has 0 atom stereocenters. The highest BCUT2D eigenvalue weighted by atomic mass is 16.5. The molecule has 5 heteroatoms. The number of carbonyl (C=O) groups is 2. The number of hydrogen-bond donors (Lipinski definition) is 0. The second-order valence-corrected chi connectivity index (χ2v) is 8.21. The third kappa shape index (κ3) is 4.46. The molecule has 0 radical (unpaired) electrons. The number of rotatable bonds is 5. The molecule has 0 bridgehead atoms. The van der Waals surface area contributed by atoms with E-state index in [1.807, 2.05) is 54.6 Å². The van der Waals surface area contributed by atoms with Crippen LogP contribution in [0.25, 0.3) is 11.8 Å². The molecule has 5 rings (SSSR count). The van der Waals surface area contributed by atoms with Crippen LogP contribution >= 0.6 is 0 Å². The average molecular weight is 449 g/mol. The smallest absolute Gasteiger partial charge is 0.343 e. The van der Waals surface area contributed by atoms with Gasteiger partial charge in [-0.15, -0.1) is 0 Å². The molecule has 168 valence electrons. The van der Waals surface area contributed by atoms with Gasteiger partial charge in [0, 0.05) is 22.9 Å². The number of nitrogens with zero attached hydrogens (tertiary/aromatic N) is 2. The molecule has 0 aliphatic heterocycles. The number of aryl methyl sites for hydroxylation is 1. The van der Waals surface area contributed by atoms with Gasteiger partial charge in [-0.05, 0) is 49.9 Å². The first-order chi connectivity index (χ1) is 16.7. The maximum atomic E-state index is 13.5. The van der Waals surface area contributed by atoms with Gasteiger partial charge in [-0.3, -0.25) is 9.36 Å².